The van der Waals surface area contributed by atoms with Crippen LogP contribution in [0.15, 0.2) is 55.4 Å². The van der Waals surface area contributed by atoms with Gasteiger partial charge in [0.05, 0.1) is 30.3 Å². The van der Waals surface area contributed by atoms with Crippen LogP contribution in [0.5, 0.6) is 0 Å². The highest BCUT2D eigenvalue weighted by molar-refractivity contribution is 5.98. The first-order valence-corrected chi connectivity index (χ1v) is 10.1. The van der Waals surface area contributed by atoms with E-state index in [0.29, 0.717) is 5.56 Å². The molecular weight excluding hydrogens is 376 g/mol. The molecule has 30 heavy (non-hydrogen) atoms. The van der Waals surface area contributed by atoms with E-state index in [1.165, 1.54) is 12.8 Å². The number of fused-ring (bicyclic) bond motifs is 1. The Bertz CT molecular complexity index is 1230. The van der Waals surface area contributed by atoms with Crippen molar-refractivity contribution >= 4 is 22.4 Å². The third kappa shape index (κ3) is 3.54. The number of anilines is 1. The third-order valence-corrected chi connectivity index (χ3v) is 5.58. The van der Waals surface area contributed by atoms with Crippen molar-refractivity contribution in [1.29, 1.82) is 0 Å². The largest absolute Gasteiger partial charge is 0.357 e. The minimum absolute atomic E-state index is 0.0469. The van der Waals surface area contributed by atoms with Gasteiger partial charge in [-0.25, -0.2) is 9.97 Å². The van der Waals surface area contributed by atoms with E-state index >= 15 is 0 Å². The molecular formula is C23H22N6O. The molecule has 0 aromatic carbocycles. The van der Waals surface area contributed by atoms with Crippen molar-refractivity contribution < 1.29 is 4.79 Å². The SMILES string of the molecule is Cn1cncc1-c1cc2cc(CC(=O)c3ccnc(N4CCCC4)c3)ncc2cn1. The molecule has 0 atom stereocenters. The normalized spacial score (nSPS) is 13.8. The van der Waals surface area contributed by atoms with Crippen LogP contribution in [0, 0.1) is 0 Å². The number of imidazole rings is 1. The van der Waals surface area contributed by atoms with Crippen molar-refractivity contribution in [3.8, 4) is 11.4 Å². The molecule has 5 rings (SSSR count). The Morgan fingerprint density at radius 2 is 1.83 bits per heavy atom. The maximum absolute atomic E-state index is 12.9. The number of hydrogen-bond acceptors (Lipinski definition) is 6. The fourth-order valence-electron chi connectivity index (χ4n) is 3.90. The summed E-state index contributed by atoms with van der Waals surface area (Å²) in [5.41, 5.74) is 3.21. The van der Waals surface area contributed by atoms with Crippen LogP contribution in [0.1, 0.15) is 28.9 Å². The molecule has 1 saturated heterocycles. The number of pyridine rings is 3. The van der Waals surface area contributed by atoms with Gasteiger partial charge in [0.15, 0.2) is 5.78 Å². The molecule has 0 radical (unpaired) electrons. The minimum atomic E-state index is 0.0469. The first-order chi connectivity index (χ1) is 14.7. The van der Waals surface area contributed by atoms with Crippen molar-refractivity contribution in [2.24, 2.45) is 7.05 Å². The van der Waals surface area contributed by atoms with E-state index in [4.69, 9.17) is 0 Å². The standard InChI is InChI=1S/C23H22N6O/c1-28-15-24-14-21(28)20-9-17-8-19(26-12-18(17)13-27-20)11-22(30)16-4-5-25-23(10-16)29-6-2-3-7-29/h4-5,8-10,12-15H,2-3,6-7,11H2,1H3. The summed E-state index contributed by atoms with van der Waals surface area (Å²) in [5.74, 6) is 0.933. The van der Waals surface area contributed by atoms with Gasteiger partial charge in [-0.05, 0) is 42.5 Å². The molecule has 0 bridgehead atoms. The van der Waals surface area contributed by atoms with Crippen LogP contribution in [0.4, 0.5) is 5.82 Å². The van der Waals surface area contributed by atoms with Crippen LogP contribution in [-0.4, -0.2) is 43.4 Å². The zero-order valence-electron chi connectivity index (χ0n) is 16.8. The van der Waals surface area contributed by atoms with Crippen LogP contribution in [-0.2, 0) is 13.5 Å². The van der Waals surface area contributed by atoms with Gasteiger partial charge in [-0.3, -0.25) is 14.8 Å². The van der Waals surface area contributed by atoms with Crippen LogP contribution in [0.25, 0.3) is 22.2 Å². The number of aryl methyl sites for hydroxylation is 1. The molecule has 150 valence electrons. The van der Waals surface area contributed by atoms with E-state index in [1.54, 1.807) is 31.0 Å². The molecule has 4 aromatic rings. The highest BCUT2D eigenvalue weighted by atomic mass is 16.1. The Balaban J connectivity index is 1.40. The Morgan fingerprint density at radius 3 is 2.63 bits per heavy atom. The van der Waals surface area contributed by atoms with Crippen LogP contribution < -0.4 is 4.90 Å². The van der Waals surface area contributed by atoms with Gasteiger partial charge in [0.25, 0.3) is 0 Å². The number of carbonyl (C=O) groups is 1. The number of Topliss-reactive ketones (excluding diaryl/α,β-unsaturated/α-hetero) is 1. The quantitative estimate of drug-likeness (QED) is 0.479. The van der Waals surface area contributed by atoms with Gasteiger partial charge in [-0.2, -0.15) is 0 Å². The molecule has 7 nitrogen and oxygen atoms in total. The van der Waals surface area contributed by atoms with Gasteiger partial charge in [-0.1, -0.05) is 0 Å². The maximum Gasteiger partial charge on any atom is 0.169 e. The van der Waals surface area contributed by atoms with Crippen molar-refractivity contribution in [3.05, 3.63) is 66.6 Å². The van der Waals surface area contributed by atoms with E-state index in [2.05, 4.69) is 24.8 Å². The molecule has 1 aliphatic rings. The van der Waals surface area contributed by atoms with Crippen LogP contribution in [0.3, 0.4) is 0 Å². The summed E-state index contributed by atoms with van der Waals surface area (Å²) >= 11 is 0. The molecule has 0 N–H and O–H groups in total. The molecule has 0 unspecified atom stereocenters. The van der Waals surface area contributed by atoms with Gasteiger partial charge >= 0.3 is 0 Å². The second kappa shape index (κ2) is 7.67. The highest BCUT2D eigenvalue weighted by Crippen LogP contribution is 2.23. The zero-order chi connectivity index (χ0) is 20.5. The molecule has 0 aliphatic carbocycles. The number of carbonyl (C=O) groups excluding carboxylic acids is 1. The number of rotatable bonds is 5. The van der Waals surface area contributed by atoms with Gasteiger partial charge in [0, 0.05) is 55.4 Å². The molecule has 0 saturated carbocycles. The fraction of sp³-hybridized carbons (Fsp3) is 0.261. The molecule has 7 heteroatoms. The van der Waals surface area contributed by atoms with Gasteiger partial charge < -0.3 is 9.47 Å². The Kier molecular flexibility index (Phi) is 4.71. The number of aromatic nitrogens is 5. The molecule has 1 aliphatic heterocycles. The number of nitrogens with zero attached hydrogens (tertiary/aromatic N) is 6. The van der Waals surface area contributed by atoms with Crippen LogP contribution >= 0.6 is 0 Å². The predicted molar refractivity (Wildman–Crippen MR) is 115 cm³/mol. The number of hydrogen-bond donors (Lipinski definition) is 0. The van der Waals surface area contributed by atoms with Gasteiger partial charge in [-0.15, -0.1) is 0 Å². The van der Waals surface area contributed by atoms with E-state index in [-0.39, 0.29) is 12.2 Å². The lowest BCUT2D eigenvalue weighted by Crippen LogP contribution is -2.19. The van der Waals surface area contributed by atoms with E-state index < -0.39 is 0 Å². The highest BCUT2D eigenvalue weighted by Gasteiger charge is 2.16. The monoisotopic (exact) mass is 398 g/mol. The summed E-state index contributed by atoms with van der Waals surface area (Å²) in [6, 6.07) is 7.67. The zero-order valence-corrected chi connectivity index (χ0v) is 16.8. The van der Waals surface area contributed by atoms with Crippen molar-refractivity contribution in [3.63, 3.8) is 0 Å². The van der Waals surface area contributed by atoms with Crippen molar-refractivity contribution in [2.75, 3.05) is 18.0 Å². The lowest BCUT2D eigenvalue weighted by Gasteiger charge is -2.16. The first-order valence-electron chi connectivity index (χ1n) is 10.1. The summed E-state index contributed by atoms with van der Waals surface area (Å²) in [4.78, 5) is 32.7. The first kappa shape index (κ1) is 18.4. The molecule has 0 amide bonds. The van der Waals surface area contributed by atoms with E-state index in [9.17, 15) is 4.79 Å². The fourth-order valence-corrected chi connectivity index (χ4v) is 3.90. The van der Waals surface area contributed by atoms with E-state index in [0.717, 1.165) is 46.8 Å². The molecule has 4 aromatic heterocycles. The minimum Gasteiger partial charge on any atom is -0.357 e. The van der Waals surface area contributed by atoms with Crippen LogP contribution in [0.2, 0.25) is 0 Å². The van der Waals surface area contributed by atoms with Gasteiger partial charge in [0.1, 0.15) is 5.82 Å². The lowest BCUT2D eigenvalue weighted by molar-refractivity contribution is 0.0992. The maximum atomic E-state index is 12.9. The summed E-state index contributed by atoms with van der Waals surface area (Å²) in [6.07, 6.45) is 11.5. The third-order valence-electron chi connectivity index (χ3n) is 5.58. The summed E-state index contributed by atoms with van der Waals surface area (Å²) < 4.78 is 1.93. The predicted octanol–water partition coefficient (Wildman–Crippen LogP) is 3.45. The summed E-state index contributed by atoms with van der Waals surface area (Å²) in [6.45, 7) is 2.01. The van der Waals surface area contributed by atoms with Gasteiger partial charge in [0.2, 0.25) is 0 Å². The Morgan fingerprint density at radius 1 is 1.00 bits per heavy atom. The Labute approximate surface area is 174 Å². The average molecular weight is 398 g/mol. The molecule has 1 fully saturated rings. The second-order valence-corrected chi connectivity index (χ2v) is 7.68. The van der Waals surface area contributed by atoms with E-state index in [1.807, 2.05) is 36.0 Å². The number of ketones is 1. The second-order valence-electron chi connectivity index (χ2n) is 7.68. The molecule has 5 heterocycles. The lowest BCUT2D eigenvalue weighted by atomic mass is 10.1. The summed E-state index contributed by atoms with van der Waals surface area (Å²) in [7, 11) is 1.94. The topological polar surface area (TPSA) is 76.8 Å². The average Bonchev–Trinajstić information content (AvgIpc) is 3.45. The van der Waals surface area contributed by atoms with Crippen molar-refractivity contribution in [2.45, 2.75) is 19.3 Å². The molecule has 0 spiro atoms. The van der Waals surface area contributed by atoms with Crippen molar-refractivity contribution in [1.82, 2.24) is 24.5 Å². The smallest absolute Gasteiger partial charge is 0.169 e. The Hall–Kier alpha value is -3.61. The summed E-state index contributed by atoms with van der Waals surface area (Å²) in [5, 5.41) is 1.95.